The van der Waals surface area contributed by atoms with Gasteiger partial charge in [0.2, 0.25) is 0 Å². The van der Waals surface area contributed by atoms with Gasteiger partial charge in [0.25, 0.3) is 5.91 Å². The van der Waals surface area contributed by atoms with E-state index in [9.17, 15) is 4.79 Å². The third kappa shape index (κ3) is 3.44. The van der Waals surface area contributed by atoms with Crippen LogP contribution in [-0.2, 0) is 6.61 Å². The molecular formula is C17H19N5O2. The van der Waals surface area contributed by atoms with Gasteiger partial charge in [0.05, 0.1) is 36.5 Å². The molecule has 0 bridgehead atoms. The number of aromatic nitrogens is 3. The maximum Gasteiger partial charge on any atom is 0.251 e. The molecule has 124 valence electrons. The summed E-state index contributed by atoms with van der Waals surface area (Å²) < 4.78 is 1.74. The molecule has 1 heterocycles. The Morgan fingerprint density at radius 2 is 2.08 bits per heavy atom. The van der Waals surface area contributed by atoms with Crippen molar-refractivity contribution in [1.82, 2.24) is 20.3 Å². The highest BCUT2D eigenvalue weighted by Gasteiger charge is 2.29. The number of carbonyl (C=O) groups excluding carboxylic acids is 1. The van der Waals surface area contributed by atoms with Crippen LogP contribution in [0.3, 0.4) is 0 Å². The van der Waals surface area contributed by atoms with Crippen molar-refractivity contribution in [3.05, 3.63) is 47.3 Å². The van der Waals surface area contributed by atoms with Crippen LogP contribution >= 0.6 is 0 Å². The summed E-state index contributed by atoms with van der Waals surface area (Å²) in [5.74, 6) is -0.154. The molecule has 24 heavy (non-hydrogen) atoms. The van der Waals surface area contributed by atoms with Gasteiger partial charge in [-0.15, -0.1) is 5.10 Å². The lowest BCUT2D eigenvalue weighted by Gasteiger charge is -2.32. The molecule has 1 saturated carbocycles. The highest BCUT2D eigenvalue weighted by Crippen LogP contribution is 2.28. The van der Waals surface area contributed by atoms with Gasteiger partial charge in [0.15, 0.2) is 0 Å². The van der Waals surface area contributed by atoms with Crippen molar-refractivity contribution in [2.45, 2.75) is 44.4 Å². The van der Waals surface area contributed by atoms with E-state index in [1.54, 1.807) is 35.1 Å². The molecular weight excluding hydrogens is 306 g/mol. The number of hydrogen-bond donors (Lipinski definition) is 2. The van der Waals surface area contributed by atoms with Crippen LogP contribution in [0.15, 0.2) is 30.5 Å². The Morgan fingerprint density at radius 1 is 1.33 bits per heavy atom. The molecule has 0 saturated heterocycles. The fourth-order valence-electron chi connectivity index (χ4n) is 3.09. The average Bonchev–Trinajstić information content (AvgIpc) is 3.11. The summed E-state index contributed by atoms with van der Waals surface area (Å²) in [5.41, 5.74) is 1.59. The van der Waals surface area contributed by atoms with Crippen molar-refractivity contribution in [3.8, 4) is 6.07 Å². The maximum absolute atomic E-state index is 12.5. The zero-order valence-electron chi connectivity index (χ0n) is 13.2. The van der Waals surface area contributed by atoms with E-state index in [2.05, 4.69) is 15.6 Å². The summed E-state index contributed by atoms with van der Waals surface area (Å²) in [6, 6.07) is 8.63. The van der Waals surface area contributed by atoms with E-state index in [1.165, 1.54) is 0 Å². The number of carbonyl (C=O) groups is 1. The van der Waals surface area contributed by atoms with Crippen LogP contribution in [0.25, 0.3) is 0 Å². The van der Waals surface area contributed by atoms with E-state index >= 15 is 0 Å². The van der Waals surface area contributed by atoms with E-state index in [-0.39, 0.29) is 24.6 Å². The van der Waals surface area contributed by atoms with Gasteiger partial charge in [-0.3, -0.25) is 4.79 Å². The Kier molecular flexibility index (Phi) is 4.87. The number of amides is 1. The lowest BCUT2D eigenvalue weighted by Crippen LogP contribution is -2.43. The largest absolute Gasteiger partial charge is 0.390 e. The van der Waals surface area contributed by atoms with Crippen LogP contribution in [0.4, 0.5) is 0 Å². The highest BCUT2D eigenvalue weighted by atomic mass is 16.3. The lowest BCUT2D eigenvalue weighted by atomic mass is 9.90. The van der Waals surface area contributed by atoms with Gasteiger partial charge in [-0.2, -0.15) is 5.26 Å². The second-order valence-corrected chi connectivity index (χ2v) is 5.97. The maximum atomic E-state index is 12.5. The van der Waals surface area contributed by atoms with Crippen molar-refractivity contribution in [3.63, 3.8) is 0 Å². The molecule has 3 rings (SSSR count). The number of hydrogen-bond acceptors (Lipinski definition) is 5. The minimum absolute atomic E-state index is 0.0323. The fraction of sp³-hybridized carbons (Fsp3) is 0.412. The van der Waals surface area contributed by atoms with E-state index in [1.807, 2.05) is 6.07 Å². The minimum atomic E-state index is -0.154. The second kappa shape index (κ2) is 7.23. The zero-order valence-corrected chi connectivity index (χ0v) is 13.2. The number of benzene rings is 1. The molecule has 2 atom stereocenters. The SMILES string of the molecule is N#Cc1ccc(C(=O)N[C@H]2CCCC[C@H]2n2cc(CO)nn2)cc1. The fourth-order valence-corrected chi connectivity index (χ4v) is 3.09. The first-order chi connectivity index (χ1) is 11.7. The van der Waals surface area contributed by atoms with Crippen LogP contribution in [-0.4, -0.2) is 32.0 Å². The Bertz CT molecular complexity index is 747. The molecule has 0 aliphatic heterocycles. The van der Waals surface area contributed by atoms with Gasteiger partial charge in [-0.05, 0) is 37.1 Å². The Morgan fingerprint density at radius 3 is 2.75 bits per heavy atom. The van der Waals surface area contributed by atoms with Gasteiger partial charge in [0, 0.05) is 5.56 Å². The summed E-state index contributed by atoms with van der Waals surface area (Å²) in [4.78, 5) is 12.5. The lowest BCUT2D eigenvalue weighted by molar-refractivity contribution is 0.0904. The van der Waals surface area contributed by atoms with Crippen LogP contribution in [0.2, 0.25) is 0 Å². The molecule has 1 fully saturated rings. The summed E-state index contributed by atoms with van der Waals surface area (Å²) >= 11 is 0. The first kappa shape index (κ1) is 16.1. The molecule has 1 aliphatic rings. The standard InChI is InChI=1S/C17H19N5O2/c18-9-12-5-7-13(8-6-12)17(24)19-15-3-1-2-4-16(15)22-10-14(11-23)20-21-22/h5-8,10,15-16,23H,1-4,11H2,(H,19,24)/t15-,16+/m0/s1. The van der Waals surface area contributed by atoms with Crippen molar-refractivity contribution in [1.29, 1.82) is 5.26 Å². The summed E-state index contributed by atoms with van der Waals surface area (Å²) in [6.45, 7) is -0.144. The minimum Gasteiger partial charge on any atom is -0.390 e. The first-order valence-electron chi connectivity index (χ1n) is 8.04. The number of nitrogens with one attached hydrogen (secondary N) is 1. The van der Waals surface area contributed by atoms with Crippen molar-refractivity contribution in [2.75, 3.05) is 0 Å². The third-order valence-corrected chi connectivity index (χ3v) is 4.38. The number of aliphatic hydroxyl groups is 1. The molecule has 1 amide bonds. The molecule has 2 aromatic rings. The predicted octanol–water partition coefficient (Wildman–Crippen LogP) is 1.56. The number of aliphatic hydroxyl groups excluding tert-OH is 1. The summed E-state index contributed by atoms with van der Waals surface area (Å²) in [7, 11) is 0. The van der Waals surface area contributed by atoms with Gasteiger partial charge >= 0.3 is 0 Å². The van der Waals surface area contributed by atoms with Crippen LogP contribution in [0.5, 0.6) is 0 Å². The molecule has 0 spiro atoms. The molecule has 0 unspecified atom stereocenters. The summed E-state index contributed by atoms with van der Waals surface area (Å²) in [5, 5.41) is 29.0. The Hall–Kier alpha value is -2.72. The van der Waals surface area contributed by atoms with Crippen LogP contribution in [0.1, 0.15) is 53.3 Å². The molecule has 1 aliphatic carbocycles. The van der Waals surface area contributed by atoms with Gasteiger partial charge in [-0.1, -0.05) is 18.1 Å². The Balaban J connectivity index is 1.73. The van der Waals surface area contributed by atoms with E-state index in [4.69, 9.17) is 10.4 Å². The van der Waals surface area contributed by atoms with Gasteiger partial charge in [0.1, 0.15) is 5.69 Å². The number of nitrogens with zero attached hydrogens (tertiary/aromatic N) is 4. The molecule has 2 N–H and O–H groups in total. The first-order valence-corrected chi connectivity index (χ1v) is 8.04. The monoisotopic (exact) mass is 325 g/mol. The molecule has 1 aromatic heterocycles. The van der Waals surface area contributed by atoms with Gasteiger partial charge in [-0.25, -0.2) is 4.68 Å². The Labute approximate surface area is 139 Å². The smallest absolute Gasteiger partial charge is 0.251 e. The zero-order chi connectivity index (χ0) is 16.9. The van der Waals surface area contributed by atoms with Crippen molar-refractivity contribution < 1.29 is 9.90 Å². The van der Waals surface area contributed by atoms with Crippen LogP contribution < -0.4 is 5.32 Å². The average molecular weight is 325 g/mol. The topological polar surface area (TPSA) is 104 Å². The van der Waals surface area contributed by atoms with Crippen LogP contribution in [0, 0.1) is 11.3 Å². The van der Waals surface area contributed by atoms with Crippen molar-refractivity contribution >= 4 is 5.91 Å². The number of rotatable bonds is 4. The van der Waals surface area contributed by atoms with Gasteiger partial charge < -0.3 is 10.4 Å². The molecule has 1 aromatic carbocycles. The third-order valence-electron chi connectivity index (χ3n) is 4.38. The molecule has 0 radical (unpaired) electrons. The predicted molar refractivity (Wildman–Crippen MR) is 85.9 cm³/mol. The van der Waals surface area contributed by atoms with E-state index in [0.717, 1.165) is 25.7 Å². The van der Waals surface area contributed by atoms with E-state index in [0.29, 0.717) is 16.8 Å². The van der Waals surface area contributed by atoms with E-state index < -0.39 is 0 Å². The number of nitriles is 1. The normalized spacial score (nSPS) is 20.3. The molecule has 7 heteroatoms. The molecule has 7 nitrogen and oxygen atoms in total. The van der Waals surface area contributed by atoms with Crippen molar-refractivity contribution in [2.24, 2.45) is 0 Å². The highest BCUT2D eigenvalue weighted by molar-refractivity contribution is 5.94. The second-order valence-electron chi connectivity index (χ2n) is 5.97. The quantitative estimate of drug-likeness (QED) is 0.887. The summed E-state index contributed by atoms with van der Waals surface area (Å²) in [6.07, 6.45) is 5.64.